The zero-order valence-electron chi connectivity index (χ0n) is 24.0. The zero-order chi connectivity index (χ0) is 28.9. The van der Waals surface area contributed by atoms with E-state index in [2.05, 4.69) is 57.4 Å². The van der Waals surface area contributed by atoms with E-state index >= 15 is 0 Å². The van der Waals surface area contributed by atoms with E-state index in [4.69, 9.17) is 9.72 Å². The Morgan fingerprint density at radius 3 is 2.76 bits per heavy atom. The van der Waals surface area contributed by atoms with Gasteiger partial charge in [0.05, 0.1) is 21.7 Å². The van der Waals surface area contributed by atoms with Crippen molar-refractivity contribution in [2.45, 2.75) is 61.6 Å². The zero-order valence-corrected chi connectivity index (χ0v) is 24.8. The number of carbonyl (C=O) groups excluding carboxylic acids is 1. The van der Waals surface area contributed by atoms with Gasteiger partial charge in [0.2, 0.25) is 0 Å². The number of benzene rings is 2. The van der Waals surface area contributed by atoms with Crippen LogP contribution in [0.2, 0.25) is 0 Å². The Balaban J connectivity index is 1.30. The molecule has 0 spiro atoms. The van der Waals surface area contributed by atoms with Gasteiger partial charge < -0.3 is 14.6 Å². The van der Waals surface area contributed by atoms with Gasteiger partial charge in [0.1, 0.15) is 12.0 Å². The number of carbonyl (C=O) groups is 1. The summed E-state index contributed by atoms with van der Waals surface area (Å²) in [5.74, 6) is -0.679. The van der Waals surface area contributed by atoms with Gasteiger partial charge in [0.25, 0.3) is 5.91 Å². The minimum Gasteiger partial charge on any atom is -0.358 e. The van der Waals surface area contributed by atoms with Gasteiger partial charge in [-0.05, 0) is 94.1 Å². The van der Waals surface area contributed by atoms with Crippen LogP contribution in [0.4, 0.5) is 4.39 Å². The third kappa shape index (κ3) is 6.46. The maximum absolute atomic E-state index is 15.0. The van der Waals surface area contributed by atoms with Crippen LogP contribution in [0.15, 0.2) is 70.7 Å². The second-order valence-corrected chi connectivity index (χ2v) is 12.1. The summed E-state index contributed by atoms with van der Waals surface area (Å²) in [6.45, 7) is 6.38. The molecule has 8 heteroatoms. The number of fused-ring (bicyclic) bond motifs is 1. The molecule has 0 aliphatic carbocycles. The summed E-state index contributed by atoms with van der Waals surface area (Å²) in [6, 6.07) is 15.1. The molecule has 0 radical (unpaired) electrons. The predicted molar refractivity (Wildman–Crippen MR) is 167 cm³/mol. The Labute approximate surface area is 251 Å². The van der Waals surface area contributed by atoms with Crippen molar-refractivity contribution in [3.05, 3.63) is 89.1 Å². The van der Waals surface area contributed by atoms with Gasteiger partial charge in [-0.15, -0.1) is 0 Å². The van der Waals surface area contributed by atoms with Gasteiger partial charge in [0, 0.05) is 47.9 Å². The van der Waals surface area contributed by atoms with Crippen LogP contribution in [0.5, 0.6) is 0 Å². The topological polar surface area (TPSA) is 59.4 Å². The van der Waals surface area contributed by atoms with E-state index < -0.39 is 5.82 Å². The summed E-state index contributed by atoms with van der Waals surface area (Å²) < 4.78 is 23.3. The standard InChI is InChI=1S/C34H37FN4O2S/c1-2-36-34(40)29-8-7-9-30(35)33(29)42-27-15-16-28-25(23-39(31(28)20-27)32-10-3-6-19-41-32)12-14-26-13-11-24(21-37-26)22-38-17-4-5-18-38/h7-9,11-16,20-21,23,32H,2-6,10,17-19,22H2,1H3,(H,36,40)/b14-12+. The molecule has 4 aromatic rings. The average Bonchev–Trinajstić information content (AvgIpc) is 3.66. The molecule has 1 N–H and O–H groups in total. The first-order valence-corrected chi connectivity index (χ1v) is 15.8. The Bertz CT molecular complexity index is 1570. The number of halogens is 1. The van der Waals surface area contributed by atoms with Crippen LogP contribution < -0.4 is 5.32 Å². The number of likely N-dealkylation sites (tertiary alicyclic amines) is 1. The van der Waals surface area contributed by atoms with Crippen molar-refractivity contribution < 1.29 is 13.9 Å². The minimum atomic E-state index is -0.405. The molecule has 218 valence electrons. The van der Waals surface area contributed by atoms with E-state index in [1.807, 2.05) is 19.2 Å². The third-order valence-corrected chi connectivity index (χ3v) is 9.07. The monoisotopic (exact) mass is 584 g/mol. The lowest BCUT2D eigenvalue weighted by atomic mass is 10.1. The maximum atomic E-state index is 15.0. The summed E-state index contributed by atoms with van der Waals surface area (Å²) in [4.78, 5) is 21.0. The fourth-order valence-electron chi connectivity index (χ4n) is 5.80. The molecule has 6 rings (SSSR count). The quantitative estimate of drug-likeness (QED) is 0.220. The molecule has 2 fully saturated rings. The molecule has 2 saturated heterocycles. The van der Waals surface area contributed by atoms with Crippen LogP contribution in [0.1, 0.15) is 72.4 Å². The number of pyridine rings is 1. The lowest BCUT2D eigenvalue weighted by Gasteiger charge is -2.25. The van der Waals surface area contributed by atoms with Crippen molar-refractivity contribution in [1.29, 1.82) is 0 Å². The van der Waals surface area contributed by atoms with Crippen molar-refractivity contribution in [1.82, 2.24) is 19.8 Å². The van der Waals surface area contributed by atoms with Crippen molar-refractivity contribution in [3.63, 3.8) is 0 Å². The van der Waals surface area contributed by atoms with Crippen molar-refractivity contribution in [2.24, 2.45) is 0 Å². The lowest BCUT2D eigenvalue weighted by molar-refractivity contribution is -0.0292. The summed E-state index contributed by atoms with van der Waals surface area (Å²) in [7, 11) is 0. The molecule has 0 saturated carbocycles. The molecule has 1 atom stereocenters. The predicted octanol–water partition coefficient (Wildman–Crippen LogP) is 7.54. The Kier molecular flexibility index (Phi) is 9.03. The molecule has 2 aromatic carbocycles. The molecule has 1 amide bonds. The van der Waals surface area contributed by atoms with E-state index in [1.54, 1.807) is 12.1 Å². The molecular weight excluding hydrogens is 547 g/mol. The third-order valence-electron chi connectivity index (χ3n) is 7.96. The highest BCUT2D eigenvalue weighted by molar-refractivity contribution is 7.99. The normalized spacial score (nSPS) is 17.8. The Morgan fingerprint density at radius 2 is 2.00 bits per heavy atom. The van der Waals surface area contributed by atoms with Gasteiger partial charge in [-0.3, -0.25) is 14.7 Å². The van der Waals surface area contributed by atoms with Gasteiger partial charge in [0.15, 0.2) is 0 Å². The average molecular weight is 585 g/mol. The van der Waals surface area contributed by atoms with Gasteiger partial charge in [-0.1, -0.05) is 36.0 Å². The molecule has 2 aromatic heterocycles. The number of nitrogens with zero attached hydrogens (tertiary/aromatic N) is 3. The fourth-order valence-corrected chi connectivity index (χ4v) is 6.78. The van der Waals surface area contributed by atoms with E-state index in [-0.39, 0.29) is 12.1 Å². The highest BCUT2D eigenvalue weighted by Gasteiger charge is 2.21. The first-order valence-electron chi connectivity index (χ1n) is 14.9. The SMILES string of the molecule is CCNC(=O)c1cccc(F)c1Sc1ccc2c(/C=C/c3ccc(CN4CCCC4)cn3)cn(C3CCCCO3)c2c1. The van der Waals surface area contributed by atoms with E-state index in [0.29, 0.717) is 17.0 Å². The second-order valence-electron chi connectivity index (χ2n) is 11.0. The fraction of sp³-hybridized carbons (Fsp3) is 0.353. The molecule has 2 aliphatic rings. The van der Waals surface area contributed by atoms with Crippen LogP contribution in [-0.2, 0) is 11.3 Å². The van der Waals surface area contributed by atoms with Crippen LogP contribution in [-0.4, -0.2) is 46.6 Å². The minimum absolute atomic E-state index is 0.0500. The molecule has 4 heterocycles. The van der Waals surface area contributed by atoms with Gasteiger partial charge in [-0.25, -0.2) is 4.39 Å². The van der Waals surface area contributed by atoms with Crippen molar-refractivity contribution >= 4 is 40.7 Å². The maximum Gasteiger partial charge on any atom is 0.252 e. The Hall–Kier alpha value is -3.46. The lowest BCUT2D eigenvalue weighted by Crippen LogP contribution is -2.23. The molecule has 6 nitrogen and oxygen atoms in total. The molecular formula is C34H37FN4O2S. The number of aromatic nitrogens is 2. The first kappa shape index (κ1) is 28.6. The summed E-state index contributed by atoms with van der Waals surface area (Å²) in [5.41, 5.74) is 4.61. The van der Waals surface area contributed by atoms with Crippen molar-refractivity contribution in [2.75, 3.05) is 26.2 Å². The van der Waals surface area contributed by atoms with Crippen LogP contribution in [0, 0.1) is 5.82 Å². The van der Waals surface area contributed by atoms with Crippen molar-refractivity contribution in [3.8, 4) is 0 Å². The number of rotatable bonds is 9. The van der Waals surface area contributed by atoms with E-state index in [0.717, 1.165) is 59.5 Å². The molecule has 42 heavy (non-hydrogen) atoms. The summed E-state index contributed by atoms with van der Waals surface area (Å²) in [6.07, 6.45) is 14.0. The molecule has 0 bridgehead atoms. The summed E-state index contributed by atoms with van der Waals surface area (Å²) in [5, 5.41) is 3.88. The number of nitrogens with one attached hydrogen (secondary N) is 1. The number of amides is 1. The Morgan fingerprint density at radius 1 is 1.12 bits per heavy atom. The van der Waals surface area contributed by atoms with Gasteiger partial charge >= 0.3 is 0 Å². The largest absolute Gasteiger partial charge is 0.358 e. The highest BCUT2D eigenvalue weighted by atomic mass is 32.2. The number of ether oxygens (including phenoxy) is 1. The number of hydrogen-bond acceptors (Lipinski definition) is 5. The summed E-state index contributed by atoms with van der Waals surface area (Å²) >= 11 is 1.28. The van der Waals surface area contributed by atoms with E-state index in [9.17, 15) is 9.18 Å². The van der Waals surface area contributed by atoms with Gasteiger partial charge in [-0.2, -0.15) is 0 Å². The smallest absolute Gasteiger partial charge is 0.252 e. The van der Waals surface area contributed by atoms with Crippen LogP contribution >= 0.6 is 11.8 Å². The van der Waals surface area contributed by atoms with E-state index in [1.165, 1.54) is 49.3 Å². The molecule has 2 aliphatic heterocycles. The first-order chi connectivity index (χ1) is 20.6. The van der Waals surface area contributed by atoms with Crippen LogP contribution in [0.25, 0.3) is 23.1 Å². The van der Waals surface area contributed by atoms with Crippen LogP contribution in [0.3, 0.4) is 0 Å². The second kappa shape index (κ2) is 13.2. The molecule has 1 unspecified atom stereocenters. The highest BCUT2D eigenvalue weighted by Crippen LogP contribution is 2.37. The number of hydrogen-bond donors (Lipinski definition) is 1.